The summed E-state index contributed by atoms with van der Waals surface area (Å²) >= 11 is 0. The van der Waals surface area contributed by atoms with Gasteiger partial charge in [0, 0.05) is 71.6 Å². The number of nitrogens with zero attached hydrogens (tertiary/aromatic N) is 3. The van der Waals surface area contributed by atoms with Crippen LogP contribution in [-0.4, -0.2) is 9.13 Å². The van der Waals surface area contributed by atoms with Crippen molar-refractivity contribution in [1.82, 2.24) is 9.13 Å². The average molecular weight is 868 g/mol. The second-order valence-electron chi connectivity index (χ2n) is 17.7. The summed E-state index contributed by atoms with van der Waals surface area (Å²) in [5, 5.41) is 9.48. The van der Waals surface area contributed by atoms with Crippen molar-refractivity contribution in [3.63, 3.8) is 0 Å². The van der Waals surface area contributed by atoms with Crippen molar-refractivity contribution in [3.8, 4) is 33.6 Å². The summed E-state index contributed by atoms with van der Waals surface area (Å²) in [5.41, 5.74) is 16.3. The van der Waals surface area contributed by atoms with E-state index < -0.39 is 0 Å². The Hall–Kier alpha value is -9.12. The lowest BCUT2D eigenvalue weighted by Gasteiger charge is -2.28. The molecule has 0 radical (unpaired) electrons. The number of aromatic nitrogens is 2. The molecule has 3 aromatic heterocycles. The van der Waals surface area contributed by atoms with Crippen LogP contribution >= 0.6 is 0 Å². The van der Waals surface area contributed by atoms with Gasteiger partial charge in [0.15, 0.2) is 0 Å². The highest BCUT2D eigenvalue weighted by molar-refractivity contribution is 6.18. The van der Waals surface area contributed by atoms with Gasteiger partial charge in [-0.05, 0) is 95.4 Å². The molecule has 318 valence electrons. The Bertz CT molecular complexity index is 4180. The number of para-hydroxylation sites is 6. The van der Waals surface area contributed by atoms with Crippen LogP contribution in [0.15, 0.2) is 253 Å². The maximum Gasteiger partial charge on any atom is 0.143 e. The van der Waals surface area contributed by atoms with Crippen LogP contribution < -0.4 is 4.90 Å². The molecule has 0 bridgehead atoms. The van der Waals surface area contributed by atoms with Crippen LogP contribution in [-0.2, 0) is 0 Å². The molecular weight excluding hydrogens is 827 g/mol. The van der Waals surface area contributed by atoms with E-state index in [1.54, 1.807) is 0 Å². The number of anilines is 3. The smallest absolute Gasteiger partial charge is 0.143 e. The molecule has 0 spiro atoms. The predicted octanol–water partition coefficient (Wildman–Crippen LogP) is 17.7. The van der Waals surface area contributed by atoms with Crippen LogP contribution in [0.2, 0.25) is 0 Å². The minimum atomic E-state index is 0.878. The highest BCUT2D eigenvalue weighted by Crippen LogP contribution is 2.46. The quantitative estimate of drug-likeness (QED) is 0.160. The average Bonchev–Trinajstić information content (AvgIpc) is 4.08. The van der Waals surface area contributed by atoms with Crippen LogP contribution in [0.1, 0.15) is 0 Å². The molecule has 68 heavy (non-hydrogen) atoms. The molecule has 0 aliphatic carbocycles. The van der Waals surface area contributed by atoms with E-state index in [0.717, 1.165) is 83.4 Å². The Balaban J connectivity index is 0.945. The van der Waals surface area contributed by atoms with Gasteiger partial charge in [0.2, 0.25) is 0 Å². The maximum absolute atomic E-state index is 6.97. The molecule has 0 atom stereocenters. The lowest BCUT2D eigenvalue weighted by Crippen LogP contribution is -2.12. The summed E-state index contributed by atoms with van der Waals surface area (Å²) in [7, 11) is 0. The molecule has 0 unspecified atom stereocenters. The Kier molecular flexibility index (Phi) is 8.55. The molecule has 0 saturated heterocycles. The summed E-state index contributed by atoms with van der Waals surface area (Å²) in [6.45, 7) is 0. The van der Waals surface area contributed by atoms with Crippen LogP contribution in [0.4, 0.5) is 17.1 Å². The zero-order valence-corrected chi connectivity index (χ0v) is 36.9. The van der Waals surface area contributed by atoms with Crippen molar-refractivity contribution >= 4 is 93.4 Å². The van der Waals surface area contributed by atoms with E-state index in [-0.39, 0.29) is 0 Å². The van der Waals surface area contributed by atoms with Gasteiger partial charge in [-0.1, -0.05) is 170 Å². The fourth-order valence-corrected chi connectivity index (χ4v) is 10.9. The first kappa shape index (κ1) is 38.2. The predicted molar refractivity (Wildman–Crippen MR) is 285 cm³/mol. The van der Waals surface area contributed by atoms with Gasteiger partial charge in [-0.3, -0.25) is 0 Å². The summed E-state index contributed by atoms with van der Waals surface area (Å²) in [4.78, 5) is 2.40. The van der Waals surface area contributed by atoms with Gasteiger partial charge in [0.05, 0.1) is 27.8 Å². The van der Waals surface area contributed by atoms with Crippen molar-refractivity contribution < 1.29 is 4.42 Å². The van der Waals surface area contributed by atoms with Gasteiger partial charge in [-0.25, -0.2) is 0 Å². The molecule has 0 aliphatic rings. The van der Waals surface area contributed by atoms with Crippen molar-refractivity contribution in [2.75, 3.05) is 4.90 Å². The first-order valence-electron chi connectivity index (χ1n) is 23.3. The topological polar surface area (TPSA) is 26.2 Å². The Morgan fingerprint density at radius 3 is 1.46 bits per heavy atom. The molecule has 4 nitrogen and oxygen atoms in total. The number of rotatable bonds is 7. The Morgan fingerprint density at radius 1 is 0.294 bits per heavy atom. The van der Waals surface area contributed by atoms with E-state index in [9.17, 15) is 0 Å². The second-order valence-corrected chi connectivity index (χ2v) is 17.7. The molecular formula is C64H41N3O. The van der Waals surface area contributed by atoms with Crippen molar-refractivity contribution in [2.45, 2.75) is 0 Å². The van der Waals surface area contributed by atoms with E-state index in [1.165, 1.54) is 43.6 Å². The Morgan fingerprint density at radius 2 is 0.794 bits per heavy atom. The highest BCUT2D eigenvalue weighted by Gasteiger charge is 2.22. The molecule has 0 aliphatic heterocycles. The van der Waals surface area contributed by atoms with Gasteiger partial charge in [-0.15, -0.1) is 0 Å². The monoisotopic (exact) mass is 867 g/mol. The van der Waals surface area contributed by atoms with Crippen LogP contribution in [0.3, 0.4) is 0 Å². The number of hydrogen-bond donors (Lipinski definition) is 0. The van der Waals surface area contributed by atoms with Gasteiger partial charge in [-0.2, -0.15) is 0 Å². The molecule has 3 heterocycles. The van der Waals surface area contributed by atoms with Crippen molar-refractivity contribution in [2.24, 2.45) is 0 Å². The number of furan rings is 1. The number of fused-ring (bicyclic) bond motifs is 11. The minimum absolute atomic E-state index is 0.878. The van der Waals surface area contributed by atoms with Gasteiger partial charge >= 0.3 is 0 Å². The molecule has 14 rings (SSSR count). The van der Waals surface area contributed by atoms with Crippen molar-refractivity contribution in [1.29, 1.82) is 0 Å². The first-order valence-corrected chi connectivity index (χ1v) is 23.3. The third-order valence-electron chi connectivity index (χ3n) is 13.9. The molecule has 14 aromatic rings. The van der Waals surface area contributed by atoms with Crippen LogP contribution in [0.25, 0.3) is 110 Å². The van der Waals surface area contributed by atoms with Crippen LogP contribution in [0.5, 0.6) is 0 Å². The van der Waals surface area contributed by atoms with Crippen LogP contribution in [0, 0.1) is 0 Å². The zero-order chi connectivity index (χ0) is 44.7. The van der Waals surface area contributed by atoms with Gasteiger partial charge in [0.25, 0.3) is 0 Å². The fourth-order valence-electron chi connectivity index (χ4n) is 10.9. The zero-order valence-electron chi connectivity index (χ0n) is 36.9. The molecule has 11 aromatic carbocycles. The molecule has 4 heteroatoms. The number of hydrogen-bond acceptors (Lipinski definition) is 2. The molecule has 0 N–H and O–H groups in total. The Labute approximate surface area is 392 Å². The lowest BCUT2D eigenvalue weighted by atomic mass is 9.98. The molecule has 0 amide bonds. The fraction of sp³-hybridized carbons (Fsp3) is 0. The lowest BCUT2D eigenvalue weighted by molar-refractivity contribution is 0.674. The van der Waals surface area contributed by atoms with E-state index >= 15 is 0 Å². The van der Waals surface area contributed by atoms with Crippen molar-refractivity contribution in [3.05, 3.63) is 249 Å². The number of benzene rings is 11. The normalized spacial score (nSPS) is 11.8. The summed E-state index contributed by atoms with van der Waals surface area (Å²) in [6.07, 6.45) is 0. The summed E-state index contributed by atoms with van der Waals surface area (Å²) < 4.78 is 11.8. The first-order chi connectivity index (χ1) is 33.7. The molecule has 0 fully saturated rings. The standard InChI is InChI=1S/C64H41N3O/c1-2-21-49-43(16-1)36-39-57-56-28-15-27-55(64(56)68-63(49)57)54-26-7-8-29-58(54)65(47-19-14-20-48(41-47)67-61-32-11-5-24-52(61)53-25-6-12-33-62(53)67)45-37-34-42(35-38-45)44-17-13-18-46(40-44)66-59-30-9-3-22-50(59)51-23-4-10-31-60(51)66/h1-41H. The largest absolute Gasteiger partial charge is 0.455 e. The van der Waals surface area contributed by atoms with E-state index in [2.05, 4.69) is 263 Å². The summed E-state index contributed by atoms with van der Waals surface area (Å²) in [6, 6.07) is 89.9. The maximum atomic E-state index is 6.97. The highest BCUT2D eigenvalue weighted by atomic mass is 16.3. The SMILES string of the molecule is c1cc(-c2ccc(N(c3cccc(-n4c5ccccc5c5ccccc54)c3)c3ccccc3-c3cccc4c3oc3c5ccccc5ccc43)cc2)cc(-n2c3ccccc3c3ccccc32)c1. The van der Waals surface area contributed by atoms with E-state index in [4.69, 9.17) is 4.42 Å². The third-order valence-corrected chi connectivity index (χ3v) is 13.9. The van der Waals surface area contributed by atoms with Gasteiger partial charge < -0.3 is 18.5 Å². The van der Waals surface area contributed by atoms with E-state index in [1.807, 2.05) is 0 Å². The van der Waals surface area contributed by atoms with E-state index in [0.29, 0.717) is 0 Å². The third kappa shape index (κ3) is 5.87. The minimum Gasteiger partial charge on any atom is -0.455 e. The summed E-state index contributed by atoms with van der Waals surface area (Å²) in [5.74, 6) is 0. The van der Waals surface area contributed by atoms with Gasteiger partial charge in [0.1, 0.15) is 11.2 Å². The second kappa shape index (κ2) is 15.2. The molecule has 0 saturated carbocycles.